The topological polar surface area (TPSA) is 75.3 Å². The zero-order valence-electron chi connectivity index (χ0n) is 9.34. The Morgan fingerprint density at radius 1 is 1.50 bits per heavy atom. The van der Waals surface area contributed by atoms with E-state index < -0.39 is 0 Å². The number of hydrogen-bond acceptors (Lipinski definition) is 5. The number of aliphatic hydroxyl groups is 1. The summed E-state index contributed by atoms with van der Waals surface area (Å²) in [6.45, 7) is 1.27. The minimum absolute atomic E-state index is 0.257. The van der Waals surface area contributed by atoms with Gasteiger partial charge < -0.3 is 15.7 Å². The van der Waals surface area contributed by atoms with Gasteiger partial charge in [0.05, 0.1) is 12.4 Å². The van der Waals surface area contributed by atoms with Crippen molar-refractivity contribution in [3.8, 4) is 0 Å². The lowest BCUT2D eigenvalue weighted by molar-refractivity contribution is 0.279. The number of nitrogens with zero attached hydrogens (tertiary/aromatic N) is 3. The van der Waals surface area contributed by atoms with Gasteiger partial charge in [0.1, 0.15) is 11.6 Å². The van der Waals surface area contributed by atoms with Gasteiger partial charge in [-0.1, -0.05) is 0 Å². The first-order valence-electron chi connectivity index (χ1n) is 5.76. The fourth-order valence-electron chi connectivity index (χ4n) is 2.27. The molecule has 1 fully saturated rings. The molecular formula is C11H18N4O. The van der Waals surface area contributed by atoms with E-state index in [-0.39, 0.29) is 6.61 Å². The highest BCUT2D eigenvalue weighted by atomic mass is 16.2. The molecule has 1 aromatic heterocycles. The van der Waals surface area contributed by atoms with Gasteiger partial charge >= 0.3 is 0 Å². The molecule has 16 heavy (non-hydrogen) atoms. The van der Waals surface area contributed by atoms with Gasteiger partial charge in [-0.05, 0) is 25.7 Å². The van der Waals surface area contributed by atoms with Gasteiger partial charge in [0, 0.05) is 19.2 Å². The number of anilines is 2. The number of nitrogens with two attached hydrogens (primary N) is 1. The first-order valence-corrected chi connectivity index (χ1v) is 5.76. The predicted octanol–water partition coefficient (Wildman–Crippen LogP) is 0.800. The third-order valence-electron chi connectivity index (χ3n) is 3.01. The molecule has 88 valence electrons. The van der Waals surface area contributed by atoms with Crippen molar-refractivity contribution in [2.45, 2.75) is 31.7 Å². The second kappa shape index (κ2) is 5.12. The van der Waals surface area contributed by atoms with Gasteiger partial charge in [-0.25, -0.2) is 4.98 Å². The van der Waals surface area contributed by atoms with Crippen LogP contribution in [0.2, 0.25) is 0 Å². The molecule has 5 nitrogen and oxygen atoms in total. The van der Waals surface area contributed by atoms with E-state index >= 15 is 0 Å². The number of nitrogen functional groups attached to an aromatic ring is 1. The van der Waals surface area contributed by atoms with Crippen LogP contribution in [0.25, 0.3) is 0 Å². The van der Waals surface area contributed by atoms with Crippen LogP contribution in [0.1, 0.15) is 25.7 Å². The van der Waals surface area contributed by atoms with Crippen LogP contribution >= 0.6 is 0 Å². The Hall–Kier alpha value is -1.36. The molecular weight excluding hydrogens is 204 g/mol. The van der Waals surface area contributed by atoms with Crippen molar-refractivity contribution >= 4 is 11.6 Å². The summed E-state index contributed by atoms with van der Waals surface area (Å²) in [4.78, 5) is 10.6. The number of rotatable bonds is 4. The molecule has 1 aliphatic heterocycles. The maximum atomic E-state index is 8.86. The van der Waals surface area contributed by atoms with Gasteiger partial charge in [-0.3, -0.25) is 4.98 Å². The van der Waals surface area contributed by atoms with Gasteiger partial charge in [0.25, 0.3) is 0 Å². The molecule has 1 atom stereocenters. The van der Waals surface area contributed by atoms with Crippen molar-refractivity contribution in [1.82, 2.24) is 9.97 Å². The fourth-order valence-corrected chi connectivity index (χ4v) is 2.27. The number of hydrogen-bond donors (Lipinski definition) is 2. The second-order valence-electron chi connectivity index (χ2n) is 4.16. The second-order valence-corrected chi connectivity index (χ2v) is 4.16. The van der Waals surface area contributed by atoms with E-state index in [2.05, 4.69) is 14.9 Å². The SMILES string of the molecule is Nc1cncc(N2CCCC2CCCO)n1. The molecule has 0 saturated carbocycles. The van der Waals surface area contributed by atoms with Crippen LogP contribution in [0.3, 0.4) is 0 Å². The lowest BCUT2D eigenvalue weighted by atomic mass is 10.1. The van der Waals surface area contributed by atoms with Crippen molar-refractivity contribution < 1.29 is 5.11 Å². The van der Waals surface area contributed by atoms with Crippen LogP contribution in [-0.2, 0) is 0 Å². The van der Waals surface area contributed by atoms with Crippen molar-refractivity contribution in [2.24, 2.45) is 0 Å². The maximum Gasteiger partial charge on any atom is 0.149 e. The molecule has 0 radical (unpaired) electrons. The molecule has 2 rings (SSSR count). The van der Waals surface area contributed by atoms with Crippen molar-refractivity contribution in [3.05, 3.63) is 12.4 Å². The lowest BCUT2D eigenvalue weighted by Gasteiger charge is -2.25. The van der Waals surface area contributed by atoms with E-state index in [0.717, 1.165) is 31.6 Å². The maximum absolute atomic E-state index is 8.86. The molecule has 3 N–H and O–H groups in total. The summed E-state index contributed by atoms with van der Waals surface area (Å²) in [6.07, 6.45) is 7.50. The number of aromatic nitrogens is 2. The zero-order chi connectivity index (χ0) is 11.4. The Kier molecular flexibility index (Phi) is 3.56. The van der Waals surface area contributed by atoms with E-state index in [1.54, 1.807) is 12.4 Å². The Balaban J connectivity index is 2.07. The summed E-state index contributed by atoms with van der Waals surface area (Å²) in [6, 6.07) is 0.475. The van der Waals surface area contributed by atoms with E-state index in [1.165, 1.54) is 6.42 Å². The summed E-state index contributed by atoms with van der Waals surface area (Å²) in [5.41, 5.74) is 5.63. The lowest BCUT2D eigenvalue weighted by Crippen LogP contribution is -2.30. The molecule has 1 saturated heterocycles. The minimum Gasteiger partial charge on any atom is -0.396 e. The molecule has 5 heteroatoms. The van der Waals surface area contributed by atoms with E-state index in [1.807, 2.05) is 0 Å². The van der Waals surface area contributed by atoms with Crippen molar-refractivity contribution in [2.75, 3.05) is 23.8 Å². The van der Waals surface area contributed by atoms with Crippen LogP contribution < -0.4 is 10.6 Å². The van der Waals surface area contributed by atoms with Gasteiger partial charge in [0.15, 0.2) is 0 Å². The average molecular weight is 222 g/mol. The highest BCUT2D eigenvalue weighted by Crippen LogP contribution is 2.26. The Morgan fingerprint density at radius 3 is 3.12 bits per heavy atom. The van der Waals surface area contributed by atoms with E-state index in [0.29, 0.717) is 11.9 Å². The zero-order valence-corrected chi connectivity index (χ0v) is 9.34. The number of aliphatic hydroxyl groups excluding tert-OH is 1. The Morgan fingerprint density at radius 2 is 2.38 bits per heavy atom. The van der Waals surface area contributed by atoms with Crippen LogP contribution in [0.15, 0.2) is 12.4 Å². The molecule has 0 amide bonds. The van der Waals surface area contributed by atoms with E-state index in [9.17, 15) is 0 Å². The standard InChI is InChI=1S/C11H18N4O/c12-10-7-13-8-11(14-10)15-5-1-3-9(15)4-2-6-16/h7-9,16H,1-6H2,(H2,12,14). The molecule has 1 unspecified atom stereocenters. The molecule has 0 spiro atoms. The molecule has 1 aliphatic rings. The van der Waals surface area contributed by atoms with Crippen molar-refractivity contribution in [3.63, 3.8) is 0 Å². The Bertz CT molecular complexity index is 345. The van der Waals surface area contributed by atoms with Gasteiger partial charge in [0.2, 0.25) is 0 Å². The van der Waals surface area contributed by atoms with E-state index in [4.69, 9.17) is 10.8 Å². The highest BCUT2D eigenvalue weighted by Gasteiger charge is 2.25. The minimum atomic E-state index is 0.257. The van der Waals surface area contributed by atoms with Crippen LogP contribution in [0, 0.1) is 0 Å². The molecule has 1 aromatic rings. The summed E-state index contributed by atoms with van der Waals surface area (Å²) < 4.78 is 0. The summed E-state index contributed by atoms with van der Waals surface area (Å²) >= 11 is 0. The fraction of sp³-hybridized carbons (Fsp3) is 0.636. The molecule has 0 aromatic carbocycles. The Labute approximate surface area is 95.3 Å². The van der Waals surface area contributed by atoms with Crippen LogP contribution in [0.5, 0.6) is 0 Å². The normalized spacial score (nSPS) is 20.3. The highest BCUT2D eigenvalue weighted by molar-refractivity contribution is 5.43. The van der Waals surface area contributed by atoms with Crippen LogP contribution in [-0.4, -0.2) is 34.3 Å². The molecule has 0 aliphatic carbocycles. The summed E-state index contributed by atoms with van der Waals surface area (Å²) in [5.74, 6) is 1.32. The van der Waals surface area contributed by atoms with Crippen LogP contribution in [0.4, 0.5) is 11.6 Å². The predicted molar refractivity (Wildman–Crippen MR) is 63.1 cm³/mol. The van der Waals surface area contributed by atoms with Crippen molar-refractivity contribution in [1.29, 1.82) is 0 Å². The summed E-state index contributed by atoms with van der Waals surface area (Å²) in [7, 11) is 0. The smallest absolute Gasteiger partial charge is 0.149 e. The van der Waals surface area contributed by atoms with Gasteiger partial charge in [-0.2, -0.15) is 0 Å². The third-order valence-corrected chi connectivity index (χ3v) is 3.01. The van der Waals surface area contributed by atoms with Gasteiger partial charge in [-0.15, -0.1) is 0 Å². The largest absolute Gasteiger partial charge is 0.396 e. The molecule has 2 heterocycles. The third kappa shape index (κ3) is 2.41. The monoisotopic (exact) mass is 222 g/mol. The molecule has 0 bridgehead atoms. The quantitative estimate of drug-likeness (QED) is 0.788. The first-order chi connectivity index (χ1) is 7.81. The summed E-state index contributed by atoms with van der Waals surface area (Å²) in [5, 5.41) is 8.86. The first kappa shape index (κ1) is 11.1. The average Bonchev–Trinajstić information content (AvgIpc) is 2.74.